The van der Waals surface area contributed by atoms with Crippen LogP contribution in [0.5, 0.6) is 0 Å². The normalized spacial score (nSPS) is 37.4. The average molecular weight is 183 g/mol. The Morgan fingerprint density at radius 1 is 1.38 bits per heavy atom. The van der Waals surface area contributed by atoms with Crippen LogP contribution in [0.2, 0.25) is 0 Å². The van der Waals surface area contributed by atoms with Crippen molar-refractivity contribution in [2.24, 2.45) is 23.5 Å². The molecule has 0 bridgehead atoms. The van der Waals surface area contributed by atoms with E-state index in [0.29, 0.717) is 6.04 Å². The Morgan fingerprint density at radius 2 is 2.08 bits per heavy atom. The van der Waals surface area contributed by atoms with Gasteiger partial charge in [-0.05, 0) is 37.0 Å². The van der Waals surface area contributed by atoms with Gasteiger partial charge in [0, 0.05) is 6.04 Å². The zero-order chi connectivity index (χ0) is 9.84. The summed E-state index contributed by atoms with van der Waals surface area (Å²) < 4.78 is 0. The molecule has 0 saturated heterocycles. The first-order chi connectivity index (χ1) is 6.15. The van der Waals surface area contributed by atoms with Gasteiger partial charge in [0.15, 0.2) is 0 Å². The number of rotatable bonds is 3. The highest BCUT2D eigenvalue weighted by Crippen LogP contribution is 2.34. The van der Waals surface area contributed by atoms with Crippen LogP contribution in [-0.2, 0) is 0 Å². The van der Waals surface area contributed by atoms with Gasteiger partial charge in [0.1, 0.15) is 0 Å². The van der Waals surface area contributed by atoms with Gasteiger partial charge in [0.25, 0.3) is 0 Å². The molecule has 0 radical (unpaired) electrons. The van der Waals surface area contributed by atoms with E-state index >= 15 is 0 Å². The molecule has 0 aromatic rings. The summed E-state index contributed by atoms with van der Waals surface area (Å²) in [6.07, 6.45) is 6.61. The smallest absolute Gasteiger partial charge is 0.00699 e. The Hall–Kier alpha value is -0.0400. The van der Waals surface area contributed by atoms with E-state index in [1.165, 1.54) is 32.1 Å². The van der Waals surface area contributed by atoms with Gasteiger partial charge < -0.3 is 5.73 Å². The second kappa shape index (κ2) is 4.99. The van der Waals surface area contributed by atoms with Crippen LogP contribution in [0.4, 0.5) is 0 Å². The standard InChI is InChI=1S/C12H25N/c1-4-5-10(3)11-8-9(2)6-7-12(11)13/h9-12H,4-8,13H2,1-3H3. The molecule has 0 amide bonds. The van der Waals surface area contributed by atoms with Crippen molar-refractivity contribution < 1.29 is 0 Å². The molecule has 1 aliphatic rings. The lowest BCUT2D eigenvalue weighted by Gasteiger charge is -2.36. The van der Waals surface area contributed by atoms with Gasteiger partial charge >= 0.3 is 0 Å². The Balaban J connectivity index is 2.44. The molecule has 13 heavy (non-hydrogen) atoms. The Morgan fingerprint density at radius 3 is 2.69 bits per heavy atom. The van der Waals surface area contributed by atoms with Gasteiger partial charge in [-0.2, -0.15) is 0 Å². The molecule has 1 fully saturated rings. The molecule has 0 aromatic carbocycles. The Bertz CT molecular complexity index is 144. The molecule has 0 spiro atoms. The summed E-state index contributed by atoms with van der Waals surface area (Å²) in [5.41, 5.74) is 6.17. The van der Waals surface area contributed by atoms with E-state index in [4.69, 9.17) is 5.73 Å². The predicted octanol–water partition coefficient (Wildman–Crippen LogP) is 3.19. The maximum atomic E-state index is 6.17. The maximum absolute atomic E-state index is 6.17. The predicted molar refractivity (Wildman–Crippen MR) is 58.6 cm³/mol. The van der Waals surface area contributed by atoms with Crippen LogP contribution < -0.4 is 5.73 Å². The molecule has 78 valence electrons. The number of hydrogen-bond donors (Lipinski definition) is 1. The van der Waals surface area contributed by atoms with Crippen molar-refractivity contribution >= 4 is 0 Å². The van der Waals surface area contributed by atoms with E-state index < -0.39 is 0 Å². The molecule has 2 N–H and O–H groups in total. The van der Waals surface area contributed by atoms with Crippen molar-refractivity contribution in [2.45, 2.75) is 58.9 Å². The highest BCUT2D eigenvalue weighted by Gasteiger charge is 2.29. The summed E-state index contributed by atoms with van der Waals surface area (Å²) >= 11 is 0. The van der Waals surface area contributed by atoms with Gasteiger partial charge in [-0.3, -0.25) is 0 Å². The van der Waals surface area contributed by atoms with Crippen molar-refractivity contribution in [1.82, 2.24) is 0 Å². The van der Waals surface area contributed by atoms with Gasteiger partial charge in [-0.15, -0.1) is 0 Å². The first-order valence-corrected chi connectivity index (χ1v) is 5.90. The van der Waals surface area contributed by atoms with E-state index in [1.807, 2.05) is 0 Å². The maximum Gasteiger partial charge on any atom is 0.00699 e. The summed E-state index contributed by atoms with van der Waals surface area (Å²) in [4.78, 5) is 0. The lowest BCUT2D eigenvalue weighted by molar-refractivity contribution is 0.177. The van der Waals surface area contributed by atoms with Crippen LogP contribution >= 0.6 is 0 Å². The molecule has 0 heterocycles. The topological polar surface area (TPSA) is 26.0 Å². The summed E-state index contributed by atoms with van der Waals surface area (Å²) in [6, 6.07) is 0.484. The Kier molecular flexibility index (Phi) is 4.24. The molecule has 1 aliphatic carbocycles. The molecule has 1 rings (SSSR count). The summed E-state index contributed by atoms with van der Waals surface area (Å²) in [5, 5.41) is 0. The van der Waals surface area contributed by atoms with E-state index in [-0.39, 0.29) is 0 Å². The van der Waals surface area contributed by atoms with Crippen molar-refractivity contribution in [1.29, 1.82) is 0 Å². The van der Waals surface area contributed by atoms with E-state index in [9.17, 15) is 0 Å². The van der Waals surface area contributed by atoms with Gasteiger partial charge in [0.2, 0.25) is 0 Å². The highest BCUT2D eigenvalue weighted by molar-refractivity contribution is 4.83. The lowest BCUT2D eigenvalue weighted by Crippen LogP contribution is -2.39. The minimum atomic E-state index is 0.484. The molecular formula is C12H25N. The van der Waals surface area contributed by atoms with Crippen LogP contribution in [0.25, 0.3) is 0 Å². The molecular weight excluding hydrogens is 158 g/mol. The second-order valence-electron chi connectivity index (χ2n) is 5.01. The minimum absolute atomic E-state index is 0.484. The molecule has 1 nitrogen and oxygen atoms in total. The SMILES string of the molecule is CCCC(C)C1CC(C)CCC1N. The fraction of sp³-hybridized carbons (Fsp3) is 1.00. The number of hydrogen-bond acceptors (Lipinski definition) is 1. The van der Waals surface area contributed by atoms with Crippen LogP contribution in [-0.4, -0.2) is 6.04 Å². The van der Waals surface area contributed by atoms with Gasteiger partial charge in [-0.25, -0.2) is 0 Å². The Labute approximate surface area is 83.1 Å². The monoisotopic (exact) mass is 183 g/mol. The van der Waals surface area contributed by atoms with Crippen LogP contribution in [0, 0.1) is 17.8 Å². The molecule has 0 aromatic heterocycles. The summed E-state index contributed by atoms with van der Waals surface area (Å²) in [5.74, 6) is 2.54. The fourth-order valence-electron chi connectivity index (χ4n) is 2.77. The summed E-state index contributed by atoms with van der Waals surface area (Å²) in [7, 11) is 0. The minimum Gasteiger partial charge on any atom is -0.327 e. The van der Waals surface area contributed by atoms with E-state index in [0.717, 1.165) is 17.8 Å². The molecule has 4 atom stereocenters. The van der Waals surface area contributed by atoms with Crippen molar-refractivity contribution in [2.75, 3.05) is 0 Å². The third-order valence-electron chi connectivity index (χ3n) is 3.69. The first-order valence-electron chi connectivity index (χ1n) is 5.90. The molecule has 1 saturated carbocycles. The van der Waals surface area contributed by atoms with Crippen molar-refractivity contribution in [3.8, 4) is 0 Å². The first kappa shape index (κ1) is 11.0. The second-order valence-corrected chi connectivity index (χ2v) is 5.01. The van der Waals surface area contributed by atoms with Crippen molar-refractivity contribution in [3.63, 3.8) is 0 Å². The fourth-order valence-corrected chi connectivity index (χ4v) is 2.77. The average Bonchev–Trinajstić information content (AvgIpc) is 2.09. The van der Waals surface area contributed by atoms with Crippen LogP contribution in [0.15, 0.2) is 0 Å². The largest absolute Gasteiger partial charge is 0.327 e. The van der Waals surface area contributed by atoms with Crippen LogP contribution in [0.3, 0.4) is 0 Å². The lowest BCUT2D eigenvalue weighted by atomic mass is 9.72. The summed E-state index contributed by atoms with van der Waals surface area (Å²) in [6.45, 7) is 7.03. The van der Waals surface area contributed by atoms with Gasteiger partial charge in [0.05, 0.1) is 0 Å². The van der Waals surface area contributed by atoms with Gasteiger partial charge in [-0.1, -0.05) is 33.6 Å². The van der Waals surface area contributed by atoms with E-state index in [1.54, 1.807) is 0 Å². The molecule has 4 unspecified atom stereocenters. The quantitative estimate of drug-likeness (QED) is 0.714. The molecule has 1 heteroatoms. The zero-order valence-electron chi connectivity index (χ0n) is 9.42. The third kappa shape index (κ3) is 2.98. The van der Waals surface area contributed by atoms with Crippen molar-refractivity contribution in [3.05, 3.63) is 0 Å². The van der Waals surface area contributed by atoms with E-state index in [2.05, 4.69) is 20.8 Å². The third-order valence-corrected chi connectivity index (χ3v) is 3.69. The number of nitrogens with two attached hydrogens (primary N) is 1. The zero-order valence-corrected chi connectivity index (χ0v) is 9.42. The van der Waals surface area contributed by atoms with Crippen LogP contribution in [0.1, 0.15) is 52.9 Å². The highest BCUT2D eigenvalue weighted by atomic mass is 14.7. The molecule has 0 aliphatic heterocycles.